The number of aryl methyl sites for hydroxylation is 1. The minimum atomic E-state index is -0.0537. The topological polar surface area (TPSA) is 22.0 Å². The zero-order chi connectivity index (χ0) is 14.1. The van der Waals surface area contributed by atoms with E-state index in [2.05, 4.69) is 49.9 Å². The van der Waals surface area contributed by atoms with Crippen LogP contribution >= 0.6 is 0 Å². The Hall–Kier alpha value is -1.57. The minimum Gasteiger partial charge on any atom is -0.350 e. The van der Waals surface area contributed by atoms with Gasteiger partial charge in [0.2, 0.25) is 0 Å². The van der Waals surface area contributed by atoms with Crippen LogP contribution in [0, 0.1) is 5.92 Å². The van der Waals surface area contributed by atoms with E-state index in [0.29, 0.717) is 5.78 Å². The van der Waals surface area contributed by atoms with E-state index >= 15 is 0 Å². The van der Waals surface area contributed by atoms with Gasteiger partial charge in [-0.15, -0.1) is 0 Å². The molecule has 1 heterocycles. The van der Waals surface area contributed by atoms with E-state index in [9.17, 15) is 4.79 Å². The second kappa shape index (κ2) is 3.75. The molecule has 1 aromatic carbocycles. The Morgan fingerprint density at radius 2 is 2.05 bits per heavy atom. The van der Waals surface area contributed by atoms with Crippen molar-refractivity contribution in [1.82, 2.24) is 4.57 Å². The van der Waals surface area contributed by atoms with Crippen LogP contribution in [0.3, 0.4) is 0 Å². The molecule has 1 saturated carbocycles. The number of hydrogen-bond donors (Lipinski definition) is 0. The van der Waals surface area contributed by atoms with Gasteiger partial charge in [-0.1, -0.05) is 32.4 Å². The van der Waals surface area contributed by atoms with Gasteiger partial charge in [-0.25, -0.2) is 0 Å². The van der Waals surface area contributed by atoms with Crippen LogP contribution in [0.2, 0.25) is 0 Å². The highest BCUT2D eigenvalue weighted by Crippen LogP contribution is 2.50. The standard InChI is InChI=1S/C18H21NO/c1-18(2)13-8-4-7-12(17(13)20)11-6-5-9-15-16(11)14(18)10-19(15)3/h5-6,9-10,12-13H,4,7-8H2,1-3H3/t12-,13-/m0/s1. The summed E-state index contributed by atoms with van der Waals surface area (Å²) in [5, 5.41) is 1.35. The van der Waals surface area contributed by atoms with E-state index in [-0.39, 0.29) is 17.3 Å². The number of aromatic nitrogens is 1. The van der Waals surface area contributed by atoms with E-state index in [1.54, 1.807) is 0 Å². The van der Waals surface area contributed by atoms with E-state index in [1.165, 1.54) is 28.5 Å². The smallest absolute Gasteiger partial charge is 0.144 e. The molecule has 4 rings (SSSR count). The maximum Gasteiger partial charge on any atom is 0.144 e. The molecule has 2 aliphatic rings. The Morgan fingerprint density at radius 3 is 2.85 bits per heavy atom. The number of carbonyl (C=O) groups excluding carboxylic acids is 1. The summed E-state index contributed by atoms with van der Waals surface area (Å²) in [4.78, 5) is 12.9. The summed E-state index contributed by atoms with van der Waals surface area (Å²) < 4.78 is 2.22. The number of benzene rings is 1. The Labute approximate surface area is 119 Å². The van der Waals surface area contributed by atoms with Gasteiger partial charge in [0.05, 0.1) is 0 Å². The molecule has 0 N–H and O–H groups in total. The second-order valence-electron chi connectivity index (χ2n) is 7.06. The minimum absolute atomic E-state index is 0.0537. The molecule has 2 aliphatic carbocycles. The number of carbonyl (C=O) groups is 1. The average molecular weight is 267 g/mol. The first kappa shape index (κ1) is 12.2. The molecule has 2 aromatic rings. The summed E-state index contributed by atoms with van der Waals surface area (Å²) in [6.07, 6.45) is 5.50. The molecule has 2 heteroatoms. The Kier molecular flexibility index (Phi) is 2.28. The van der Waals surface area contributed by atoms with Crippen LogP contribution in [0.1, 0.15) is 50.2 Å². The highest BCUT2D eigenvalue weighted by molar-refractivity contribution is 6.00. The Balaban J connectivity index is 2.16. The fourth-order valence-corrected chi connectivity index (χ4v) is 4.52. The SMILES string of the molecule is Cn1cc2c3c(cccc31)[C@@H]1CCC[C@@H](C1=O)C2(C)C. The molecule has 104 valence electrons. The van der Waals surface area contributed by atoms with Gasteiger partial charge in [0.15, 0.2) is 0 Å². The van der Waals surface area contributed by atoms with Crippen molar-refractivity contribution in [3.63, 3.8) is 0 Å². The molecule has 2 bridgehead atoms. The second-order valence-corrected chi connectivity index (χ2v) is 7.06. The van der Waals surface area contributed by atoms with Crippen molar-refractivity contribution in [2.24, 2.45) is 13.0 Å². The normalized spacial score (nSPS) is 27.6. The van der Waals surface area contributed by atoms with E-state index < -0.39 is 0 Å². The Bertz CT molecular complexity index is 722. The number of ketones is 1. The summed E-state index contributed by atoms with van der Waals surface area (Å²) in [6.45, 7) is 4.52. The lowest BCUT2D eigenvalue weighted by atomic mass is 9.66. The number of Topliss-reactive ketones (excluding diaryl/α,β-unsaturated/α-hetero) is 1. The number of rotatable bonds is 0. The molecular formula is C18H21NO. The molecule has 20 heavy (non-hydrogen) atoms. The molecule has 0 aliphatic heterocycles. The van der Waals surface area contributed by atoms with Gasteiger partial charge in [-0.05, 0) is 30.0 Å². The van der Waals surface area contributed by atoms with Crippen molar-refractivity contribution in [3.05, 3.63) is 35.5 Å². The van der Waals surface area contributed by atoms with Gasteiger partial charge in [-0.2, -0.15) is 0 Å². The number of nitrogens with zero attached hydrogens (tertiary/aromatic N) is 1. The van der Waals surface area contributed by atoms with Gasteiger partial charge in [0.1, 0.15) is 5.78 Å². The monoisotopic (exact) mass is 267 g/mol. The molecule has 1 aromatic heterocycles. The molecule has 2 nitrogen and oxygen atoms in total. The summed E-state index contributed by atoms with van der Waals surface area (Å²) in [6, 6.07) is 6.47. The van der Waals surface area contributed by atoms with E-state index in [0.717, 1.165) is 12.8 Å². The van der Waals surface area contributed by atoms with E-state index in [4.69, 9.17) is 0 Å². The maximum absolute atomic E-state index is 12.9. The zero-order valence-electron chi connectivity index (χ0n) is 12.4. The van der Waals surface area contributed by atoms with Crippen molar-refractivity contribution in [2.75, 3.05) is 0 Å². The molecular weight excluding hydrogens is 246 g/mol. The van der Waals surface area contributed by atoms with Crippen LogP contribution in [0.15, 0.2) is 24.4 Å². The first-order chi connectivity index (χ1) is 9.51. The van der Waals surface area contributed by atoms with Crippen LogP contribution in [-0.2, 0) is 17.3 Å². The van der Waals surface area contributed by atoms with E-state index in [1.807, 2.05) is 0 Å². The van der Waals surface area contributed by atoms with Crippen molar-refractivity contribution < 1.29 is 4.79 Å². The van der Waals surface area contributed by atoms with Crippen molar-refractivity contribution >= 4 is 16.7 Å². The molecule has 0 unspecified atom stereocenters. The lowest BCUT2D eigenvalue weighted by molar-refractivity contribution is -0.128. The van der Waals surface area contributed by atoms with Gasteiger partial charge in [0.25, 0.3) is 0 Å². The largest absolute Gasteiger partial charge is 0.350 e. The highest BCUT2D eigenvalue weighted by atomic mass is 16.1. The summed E-state index contributed by atoms with van der Waals surface area (Å²) in [7, 11) is 2.12. The van der Waals surface area contributed by atoms with Crippen LogP contribution in [0.5, 0.6) is 0 Å². The summed E-state index contributed by atoms with van der Waals surface area (Å²) >= 11 is 0. The predicted octanol–water partition coefficient (Wildman–Crippen LogP) is 3.92. The van der Waals surface area contributed by atoms with Crippen LogP contribution in [0.4, 0.5) is 0 Å². The van der Waals surface area contributed by atoms with Gasteiger partial charge < -0.3 is 4.57 Å². The van der Waals surface area contributed by atoms with Gasteiger partial charge in [-0.3, -0.25) is 4.79 Å². The maximum atomic E-state index is 12.9. The molecule has 0 spiro atoms. The summed E-state index contributed by atoms with van der Waals surface area (Å²) in [5.74, 6) is 0.784. The van der Waals surface area contributed by atoms with Crippen LogP contribution in [-0.4, -0.2) is 10.4 Å². The highest BCUT2D eigenvalue weighted by Gasteiger charge is 2.46. The molecule has 2 atom stereocenters. The number of hydrogen-bond acceptors (Lipinski definition) is 1. The number of fused-ring (bicyclic) bond motifs is 3. The summed E-state index contributed by atoms with van der Waals surface area (Å²) in [5.41, 5.74) is 3.86. The third kappa shape index (κ3) is 1.32. The molecule has 1 fully saturated rings. The third-order valence-corrected chi connectivity index (χ3v) is 5.66. The molecule has 0 radical (unpaired) electrons. The molecule has 0 amide bonds. The average Bonchev–Trinajstić information content (AvgIpc) is 2.76. The first-order valence-electron chi connectivity index (χ1n) is 7.64. The predicted molar refractivity (Wildman–Crippen MR) is 81.0 cm³/mol. The Morgan fingerprint density at radius 1 is 1.25 bits per heavy atom. The quantitative estimate of drug-likeness (QED) is 0.709. The third-order valence-electron chi connectivity index (χ3n) is 5.66. The first-order valence-corrected chi connectivity index (χ1v) is 7.64. The van der Waals surface area contributed by atoms with Crippen LogP contribution in [0.25, 0.3) is 10.9 Å². The lowest BCUT2D eigenvalue weighted by Crippen LogP contribution is -2.38. The fraction of sp³-hybridized carbons (Fsp3) is 0.500. The van der Waals surface area contributed by atoms with Crippen molar-refractivity contribution in [3.8, 4) is 0 Å². The molecule has 0 saturated heterocycles. The van der Waals surface area contributed by atoms with Gasteiger partial charge >= 0.3 is 0 Å². The van der Waals surface area contributed by atoms with Gasteiger partial charge in [0, 0.05) is 41.4 Å². The van der Waals surface area contributed by atoms with Crippen molar-refractivity contribution in [1.29, 1.82) is 0 Å². The van der Waals surface area contributed by atoms with Crippen LogP contribution < -0.4 is 0 Å². The zero-order valence-corrected chi connectivity index (χ0v) is 12.4. The lowest BCUT2D eigenvalue weighted by Gasteiger charge is -2.36. The fourth-order valence-electron chi connectivity index (χ4n) is 4.52. The van der Waals surface area contributed by atoms with Crippen molar-refractivity contribution in [2.45, 2.75) is 44.4 Å².